The Labute approximate surface area is 70.8 Å². The maximum Gasteiger partial charge on any atom is 0.0905 e. The van der Waals surface area contributed by atoms with Crippen molar-refractivity contribution in [2.45, 2.75) is 52.9 Å². The van der Waals surface area contributed by atoms with E-state index in [1.165, 1.54) is 25.7 Å². The zero-order valence-corrected chi connectivity index (χ0v) is 8.06. The standard InChI is InChI=1S/C10H21O/c1-4-6-7-10(5-2)8-9(3)11/h10-11H,4-8H2,1-3H3. The second kappa shape index (κ2) is 6.66. The van der Waals surface area contributed by atoms with Crippen LogP contribution in [0.3, 0.4) is 0 Å². The van der Waals surface area contributed by atoms with Gasteiger partial charge in [0.2, 0.25) is 0 Å². The van der Waals surface area contributed by atoms with Crippen molar-refractivity contribution < 1.29 is 5.11 Å². The van der Waals surface area contributed by atoms with Crippen molar-refractivity contribution in [2.24, 2.45) is 5.92 Å². The van der Waals surface area contributed by atoms with Crippen LogP contribution in [0.5, 0.6) is 0 Å². The van der Waals surface area contributed by atoms with Crippen LogP contribution < -0.4 is 0 Å². The van der Waals surface area contributed by atoms with E-state index < -0.39 is 0 Å². The highest BCUT2D eigenvalue weighted by atomic mass is 16.3. The van der Waals surface area contributed by atoms with Gasteiger partial charge in [0.1, 0.15) is 0 Å². The quantitative estimate of drug-likeness (QED) is 0.625. The molecule has 0 heterocycles. The lowest BCUT2D eigenvalue weighted by atomic mass is 9.94. The second-order valence-corrected chi connectivity index (χ2v) is 3.36. The summed E-state index contributed by atoms with van der Waals surface area (Å²) in [5.41, 5.74) is 0. The van der Waals surface area contributed by atoms with Gasteiger partial charge >= 0.3 is 0 Å². The maximum atomic E-state index is 9.07. The third-order valence-corrected chi connectivity index (χ3v) is 2.13. The molecule has 0 amide bonds. The monoisotopic (exact) mass is 157 g/mol. The van der Waals surface area contributed by atoms with Crippen molar-refractivity contribution in [3.05, 3.63) is 6.10 Å². The van der Waals surface area contributed by atoms with Crippen LogP contribution in [0, 0.1) is 12.0 Å². The molecule has 0 aliphatic rings. The second-order valence-electron chi connectivity index (χ2n) is 3.36. The molecule has 1 atom stereocenters. The number of aliphatic hydroxyl groups is 1. The molecule has 0 fully saturated rings. The van der Waals surface area contributed by atoms with Crippen molar-refractivity contribution in [3.63, 3.8) is 0 Å². The minimum Gasteiger partial charge on any atom is -0.387 e. The molecule has 1 nitrogen and oxygen atoms in total. The first kappa shape index (κ1) is 11.0. The lowest BCUT2D eigenvalue weighted by Gasteiger charge is -2.14. The van der Waals surface area contributed by atoms with E-state index in [-0.39, 0.29) is 0 Å². The summed E-state index contributed by atoms with van der Waals surface area (Å²) < 4.78 is 0. The Balaban J connectivity index is 3.41. The summed E-state index contributed by atoms with van der Waals surface area (Å²) >= 11 is 0. The first-order valence-electron chi connectivity index (χ1n) is 4.72. The Morgan fingerprint density at radius 3 is 2.36 bits per heavy atom. The van der Waals surface area contributed by atoms with Crippen LogP contribution in [0.15, 0.2) is 0 Å². The molecule has 1 N–H and O–H groups in total. The van der Waals surface area contributed by atoms with E-state index in [1.807, 2.05) is 0 Å². The van der Waals surface area contributed by atoms with E-state index in [0.717, 1.165) is 6.42 Å². The molecule has 0 saturated carbocycles. The molecular weight excluding hydrogens is 136 g/mol. The third-order valence-electron chi connectivity index (χ3n) is 2.13. The highest BCUT2D eigenvalue weighted by Gasteiger charge is 2.08. The van der Waals surface area contributed by atoms with Crippen LogP contribution in [0.25, 0.3) is 0 Å². The summed E-state index contributed by atoms with van der Waals surface area (Å²) in [6.07, 6.45) is 6.51. The van der Waals surface area contributed by atoms with Crippen molar-refractivity contribution >= 4 is 0 Å². The van der Waals surface area contributed by atoms with Crippen molar-refractivity contribution in [1.29, 1.82) is 0 Å². The molecule has 0 bridgehead atoms. The van der Waals surface area contributed by atoms with Crippen molar-refractivity contribution in [1.82, 2.24) is 0 Å². The summed E-state index contributed by atoms with van der Waals surface area (Å²) in [5.74, 6) is 0.708. The smallest absolute Gasteiger partial charge is 0.0905 e. The van der Waals surface area contributed by atoms with Gasteiger partial charge in [-0.05, 0) is 19.3 Å². The molecule has 1 heteroatoms. The molecule has 0 aromatic heterocycles. The largest absolute Gasteiger partial charge is 0.387 e. The van der Waals surface area contributed by atoms with Crippen LogP contribution in [0.1, 0.15) is 52.9 Å². The zero-order valence-electron chi connectivity index (χ0n) is 8.06. The van der Waals surface area contributed by atoms with Gasteiger partial charge in [-0.15, -0.1) is 0 Å². The molecule has 0 aromatic rings. The summed E-state index contributed by atoms with van der Waals surface area (Å²) in [6.45, 7) is 6.21. The molecule has 67 valence electrons. The number of unbranched alkanes of at least 4 members (excludes halogenated alkanes) is 1. The van der Waals surface area contributed by atoms with Gasteiger partial charge in [-0.2, -0.15) is 0 Å². The van der Waals surface area contributed by atoms with E-state index in [2.05, 4.69) is 13.8 Å². The summed E-state index contributed by atoms with van der Waals surface area (Å²) in [5, 5.41) is 9.07. The molecule has 0 saturated heterocycles. The van der Waals surface area contributed by atoms with E-state index in [0.29, 0.717) is 12.0 Å². The fraction of sp³-hybridized carbons (Fsp3) is 0.900. The maximum absolute atomic E-state index is 9.07. The molecule has 1 unspecified atom stereocenters. The van der Waals surface area contributed by atoms with Gasteiger partial charge in [0.15, 0.2) is 0 Å². The van der Waals surface area contributed by atoms with Gasteiger partial charge in [0.05, 0.1) is 6.10 Å². The van der Waals surface area contributed by atoms with Gasteiger partial charge in [-0.25, -0.2) is 0 Å². The van der Waals surface area contributed by atoms with Gasteiger partial charge in [-0.3, -0.25) is 0 Å². The predicted octanol–water partition coefficient (Wildman–Crippen LogP) is 3.52. The van der Waals surface area contributed by atoms with E-state index >= 15 is 0 Å². The Morgan fingerprint density at radius 1 is 1.36 bits per heavy atom. The number of rotatable bonds is 6. The van der Waals surface area contributed by atoms with Gasteiger partial charge < -0.3 is 5.11 Å². The number of aliphatic hydroxyl groups excluding tert-OH is 1. The summed E-state index contributed by atoms with van der Waals surface area (Å²) in [4.78, 5) is 0. The first-order valence-corrected chi connectivity index (χ1v) is 4.72. The number of hydrogen-bond donors (Lipinski definition) is 1. The van der Waals surface area contributed by atoms with E-state index in [9.17, 15) is 0 Å². The third kappa shape index (κ3) is 6.36. The van der Waals surface area contributed by atoms with Crippen molar-refractivity contribution in [2.75, 3.05) is 0 Å². The van der Waals surface area contributed by atoms with Gasteiger partial charge in [0, 0.05) is 0 Å². The van der Waals surface area contributed by atoms with Crippen molar-refractivity contribution in [3.8, 4) is 0 Å². The average Bonchev–Trinajstić information content (AvgIpc) is 1.97. The van der Waals surface area contributed by atoms with Crippen LogP contribution in [-0.4, -0.2) is 5.11 Å². The topological polar surface area (TPSA) is 20.2 Å². The van der Waals surface area contributed by atoms with Crippen LogP contribution in [-0.2, 0) is 0 Å². The Bertz CT molecular complexity index is 78.9. The highest BCUT2D eigenvalue weighted by molar-refractivity contribution is 4.72. The van der Waals surface area contributed by atoms with E-state index in [1.54, 1.807) is 6.92 Å². The minimum absolute atomic E-state index is 0.591. The minimum atomic E-state index is 0.591. The first-order chi connectivity index (χ1) is 5.20. The lowest BCUT2D eigenvalue weighted by Crippen LogP contribution is -2.03. The Morgan fingerprint density at radius 2 is 2.00 bits per heavy atom. The van der Waals surface area contributed by atoms with Crippen LogP contribution in [0.4, 0.5) is 0 Å². The zero-order chi connectivity index (χ0) is 8.69. The van der Waals surface area contributed by atoms with Crippen LogP contribution >= 0.6 is 0 Å². The SMILES string of the molecule is CCCCC(CC)C[C](C)O. The average molecular weight is 157 g/mol. The predicted molar refractivity (Wildman–Crippen MR) is 48.8 cm³/mol. The summed E-state index contributed by atoms with van der Waals surface area (Å²) in [7, 11) is 0. The highest BCUT2D eigenvalue weighted by Crippen LogP contribution is 2.20. The molecule has 1 radical (unpaired) electrons. The normalized spacial score (nSPS) is 13.9. The molecule has 0 aromatic carbocycles. The van der Waals surface area contributed by atoms with Gasteiger partial charge in [-0.1, -0.05) is 39.5 Å². The molecule has 0 rings (SSSR count). The molecule has 11 heavy (non-hydrogen) atoms. The Kier molecular flexibility index (Phi) is 6.63. The fourth-order valence-corrected chi connectivity index (χ4v) is 1.36. The van der Waals surface area contributed by atoms with Crippen LogP contribution in [0.2, 0.25) is 0 Å². The number of hydrogen-bond acceptors (Lipinski definition) is 1. The Hall–Kier alpha value is -0.0400. The molecule has 0 spiro atoms. The van der Waals surface area contributed by atoms with Gasteiger partial charge in [0.25, 0.3) is 0 Å². The summed E-state index contributed by atoms with van der Waals surface area (Å²) in [6, 6.07) is 0. The molecular formula is C10H21O. The molecule has 0 aliphatic carbocycles. The lowest BCUT2D eigenvalue weighted by molar-refractivity contribution is 0.255. The van der Waals surface area contributed by atoms with E-state index in [4.69, 9.17) is 5.11 Å². The molecule has 0 aliphatic heterocycles. The fourth-order valence-electron chi connectivity index (χ4n) is 1.36.